The Balaban J connectivity index is 3.04. The highest BCUT2D eigenvalue weighted by atomic mass is 31.0. The van der Waals surface area contributed by atoms with Gasteiger partial charge in [0.1, 0.15) is 5.82 Å². The number of hydrogen-bond donors (Lipinski definition) is 1. The van der Waals surface area contributed by atoms with Crippen molar-refractivity contribution in [3.05, 3.63) is 12.0 Å². The van der Waals surface area contributed by atoms with Gasteiger partial charge in [-0.1, -0.05) is 9.24 Å². The van der Waals surface area contributed by atoms with Crippen molar-refractivity contribution in [1.29, 1.82) is 0 Å². The molecule has 7 heavy (non-hydrogen) atoms. The van der Waals surface area contributed by atoms with E-state index >= 15 is 0 Å². The van der Waals surface area contributed by atoms with Gasteiger partial charge in [0, 0.05) is 0 Å². The van der Waals surface area contributed by atoms with Gasteiger partial charge >= 0.3 is 0 Å². The van der Waals surface area contributed by atoms with Crippen LogP contribution in [0.25, 0.3) is 0 Å². The molecule has 0 fully saturated rings. The van der Waals surface area contributed by atoms with Crippen LogP contribution >= 0.6 is 9.24 Å². The monoisotopic (exact) mass is 114 g/mol. The highest BCUT2D eigenvalue weighted by Gasteiger charge is 1.83. The van der Waals surface area contributed by atoms with Gasteiger partial charge in [0.15, 0.2) is 0 Å². The number of nitrogens with zero attached hydrogens (tertiary/aromatic N) is 1. The van der Waals surface area contributed by atoms with E-state index in [1.165, 1.54) is 0 Å². The average Bonchev–Trinajstić information content (AvgIpc) is 1.87. The van der Waals surface area contributed by atoms with Crippen molar-refractivity contribution >= 4 is 14.7 Å². The maximum Gasteiger partial charge on any atom is 0.103 e. The standard InChI is InChI=1S/C4H7N2P/c1-3-5-2-4(7)6-3/h2H,7H2,1H3,(H,5,6). The van der Waals surface area contributed by atoms with Crippen LogP contribution in [0.5, 0.6) is 0 Å². The SMILES string of the molecule is Cc1ncc(P)[nH]1. The van der Waals surface area contributed by atoms with Crippen molar-refractivity contribution < 1.29 is 0 Å². The zero-order valence-corrected chi connectivity index (χ0v) is 5.26. The molecule has 38 valence electrons. The summed E-state index contributed by atoms with van der Waals surface area (Å²) in [7, 11) is 2.53. The second-order valence-corrected chi connectivity index (χ2v) is 2.05. The highest BCUT2D eigenvalue weighted by Crippen LogP contribution is 1.84. The molecule has 0 aromatic carbocycles. The summed E-state index contributed by atoms with van der Waals surface area (Å²) in [6.45, 7) is 1.92. The first-order valence-corrected chi connectivity index (χ1v) is 2.64. The third kappa shape index (κ3) is 1.00. The number of aryl methyl sites for hydroxylation is 1. The van der Waals surface area contributed by atoms with Gasteiger partial charge in [-0.25, -0.2) is 4.98 Å². The molecule has 1 unspecified atom stereocenters. The molecule has 0 saturated carbocycles. The van der Waals surface area contributed by atoms with Crippen molar-refractivity contribution in [3.63, 3.8) is 0 Å². The lowest BCUT2D eigenvalue weighted by molar-refractivity contribution is 1.16. The first-order valence-electron chi connectivity index (χ1n) is 2.06. The molecule has 0 bridgehead atoms. The Morgan fingerprint density at radius 2 is 2.57 bits per heavy atom. The van der Waals surface area contributed by atoms with Crippen LogP contribution in [0.4, 0.5) is 0 Å². The molecule has 0 aliphatic heterocycles. The lowest BCUT2D eigenvalue weighted by atomic mass is 10.8. The van der Waals surface area contributed by atoms with E-state index in [9.17, 15) is 0 Å². The second-order valence-electron chi connectivity index (χ2n) is 1.42. The molecule has 1 rings (SSSR count). The summed E-state index contributed by atoms with van der Waals surface area (Å²) in [5.74, 6) is 0.963. The smallest absolute Gasteiger partial charge is 0.103 e. The van der Waals surface area contributed by atoms with Crippen LogP contribution in [0.2, 0.25) is 0 Å². The van der Waals surface area contributed by atoms with E-state index in [0.717, 1.165) is 11.3 Å². The van der Waals surface area contributed by atoms with Gasteiger partial charge in [0.05, 0.1) is 11.6 Å². The van der Waals surface area contributed by atoms with Crippen LogP contribution in [0.1, 0.15) is 5.82 Å². The Kier molecular flexibility index (Phi) is 1.11. The maximum atomic E-state index is 3.94. The topological polar surface area (TPSA) is 28.7 Å². The maximum absolute atomic E-state index is 3.94. The lowest BCUT2D eigenvalue weighted by Gasteiger charge is -1.74. The number of nitrogens with one attached hydrogen (secondary N) is 1. The first-order chi connectivity index (χ1) is 3.29. The molecular formula is C4H7N2P. The minimum atomic E-state index is 0.963. The Morgan fingerprint density at radius 3 is 2.71 bits per heavy atom. The average molecular weight is 114 g/mol. The molecule has 1 aromatic rings. The van der Waals surface area contributed by atoms with Gasteiger partial charge in [0.25, 0.3) is 0 Å². The van der Waals surface area contributed by atoms with Crippen molar-refractivity contribution in [2.24, 2.45) is 0 Å². The van der Waals surface area contributed by atoms with E-state index in [1.807, 2.05) is 6.92 Å². The van der Waals surface area contributed by atoms with E-state index in [0.29, 0.717) is 0 Å². The lowest BCUT2D eigenvalue weighted by Crippen LogP contribution is -1.86. The van der Waals surface area contributed by atoms with Crippen molar-refractivity contribution in [3.8, 4) is 0 Å². The molecule has 2 nitrogen and oxygen atoms in total. The highest BCUT2D eigenvalue weighted by molar-refractivity contribution is 7.26. The van der Waals surface area contributed by atoms with Crippen molar-refractivity contribution in [2.75, 3.05) is 0 Å². The fourth-order valence-electron chi connectivity index (χ4n) is 0.440. The minimum absolute atomic E-state index is 0.963. The molecule has 1 heterocycles. The fraction of sp³-hybridized carbons (Fsp3) is 0.250. The van der Waals surface area contributed by atoms with Crippen LogP contribution in [-0.2, 0) is 0 Å². The van der Waals surface area contributed by atoms with E-state index < -0.39 is 0 Å². The molecule has 0 radical (unpaired) electrons. The zero-order valence-electron chi connectivity index (χ0n) is 4.10. The van der Waals surface area contributed by atoms with Crippen LogP contribution in [-0.4, -0.2) is 9.97 Å². The summed E-state index contributed by atoms with van der Waals surface area (Å²) in [5, 5.41) is 0. The number of rotatable bonds is 0. The number of aromatic nitrogens is 2. The molecule has 0 saturated heterocycles. The quantitative estimate of drug-likeness (QED) is 0.480. The molecular weight excluding hydrogens is 107 g/mol. The van der Waals surface area contributed by atoms with Gasteiger partial charge in [-0.2, -0.15) is 0 Å². The number of imidazole rings is 1. The van der Waals surface area contributed by atoms with E-state index in [-0.39, 0.29) is 0 Å². The Labute approximate surface area is 44.6 Å². The van der Waals surface area contributed by atoms with Crippen LogP contribution in [0.3, 0.4) is 0 Å². The normalized spacial score (nSPS) is 9.43. The number of H-pyrrole nitrogens is 1. The van der Waals surface area contributed by atoms with Gasteiger partial charge < -0.3 is 4.98 Å². The van der Waals surface area contributed by atoms with Gasteiger partial charge in [-0.3, -0.25) is 0 Å². The Hall–Kier alpha value is -0.360. The van der Waals surface area contributed by atoms with Crippen LogP contribution in [0.15, 0.2) is 6.20 Å². The van der Waals surface area contributed by atoms with E-state index in [2.05, 4.69) is 19.2 Å². The van der Waals surface area contributed by atoms with Crippen LogP contribution in [0, 0.1) is 6.92 Å². The van der Waals surface area contributed by atoms with Gasteiger partial charge in [0.2, 0.25) is 0 Å². The Bertz CT molecular complexity index is 142. The van der Waals surface area contributed by atoms with Crippen molar-refractivity contribution in [1.82, 2.24) is 9.97 Å². The summed E-state index contributed by atoms with van der Waals surface area (Å²) in [4.78, 5) is 6.93. The molecule has 1 atom stereocenters. The molecule has 1 N–H and O–H groups in total. The summed E-state index contributed by atoms with van der Waals surface area (Å²) in [5.41, 5.74) is 1.04. The summed E-state index contributed by atoms with van der Waals surface area (Å²) in [6.07, 6.45) is 1.78. The molecule has 0 amide bonds. The third-order valence-electron chi connectivity index (χ3n) is 0.723. The number of hydrogen-bond acceptors (Lipinski definition) is 1. The predicted molar refractivity (Wildman–Crippen MR) is 32.7 cm³/mol. The second kappa shape index (κ2) is 1.63. The molecule has 0 spiro atoms. The molecule has 1 aromatic heterocycles. The van der Waals surface area contributed by atoms with E-state index in [4.69, 9.17) is 0 Å². The minimum Gasteiger partial charge on any atom is -0.343 e. The molecule has 0 aliphatic rings. The molecule has 0 aliphatic carbocycles. The van der Waals surface area contributed by atoms with Gasteiger partial charge in [-0.15, -0.1) is 0 Å². The largest absolute Gasteiger partial charge is 0.343 e. The third-order valence-corrected chi connectivity index (χ3v) is 1.02. The predicted octanol–water partition coefficient (Wildman–Crippen LogP) is 0.219. The molecule has 3 heteroatoms. The van der Waals surface area contributed by atoms with Gasteiger partial charge in [-0.05, 0) is 6.92 Å². The summed E-state index contributed by atoms with van der Waals surface area (Å²) >= 11 is 0. The zero-order chi connectivity index (χ0) is 5.28. The van der Waals surface area contributed by atoms with Crippen LogP contribution < -0.4 is 5.44 Å². The first kappa shape index (κ1) is 4.79. The van der Waals surface area contributed by atoms with Crippen molar-refractivity contribution in [2.45, 2.75) is 6.92 Å². The fourth-order valence-corrected chi connectivity index (χ4v) is 0.723. The Morgan fingerprint density at radius 1 is 1.86 bits per heavy atom. The summed E-state index contributed by atoms with van der Waals surface area (Å²) < 4.78 is 0. The van der Waals surface area contributed by atoms with E-state index in [1.54, 1.807) is 6.20 Å². The number of aromatic amines is 1. The summed E-state index contributed by atoms with van der Waals surface area (Å²) in [6, 6.07) is 0.